The number of halogens is 2. The molecule has 2 aromatic rings. The van der Waals surface area contributed by atoms with Crippen LogP contribution in [0.3, 0.4) is 0 Å². The van der Waals surface area contributed by atoms with E-state index in [9.17, 15) is 0 Å². The molecule has 0 unspecified atom stereocenters. The molecule has 3 nitrogen and oxygen atoms in total. The molecule has 3 atom stereocenters. The summed E-state index contributed by atoms with van der Waals surface area (Å²) in [7, 11) is 0. The quantitative estimate of drug-likeness (QED) is 0.783. The number of nitrogens with zero attached hydrogens (tertiary/aromatic N) is 1. The predicted molar refractivity (Wildman–Crippen MR) is 112 cm³/mol. The van der Waals surface area contributed by atoms with Gasteiger partial charge in [0.05, 0.1) is 0 Å². The molecule has 5 heteroatoms. The second-order valence-electron chi connectivity index (χ2n) is 7.38. The molecular formula is C21H27Cl2N3. The van der Waals surface area contributed by atoms with E-state index < -0.39 is 0 Å². The average molecular weight is 392 g/mol. The third kappa shape index (κ3) is 4.79. The highest BCUT2D eigenvalue weighted by Crippen LogP contribution is 2.41. The first-order valence-electron chi connectivity index (χ1n) is 9.26. The van der Waals surface area contributed by atoms with Gasteiger partial charge in [0.15, 0.2) is 0 Å². The predicted octanol–water partition coefficient (Wildman–Crippen LogP) is 3.91. The Morgan fingerprint density at radius 1 is 1.12 bits per heavy atom. The van der Waals surface area contributed by atoms with Gasteiger partial charge in [-0.2, -0.15) is 0 Å². The van der Waals surface area contributed by atoms with E-state index in [0.29, 0.717) is 18.0 Å². The number of rotatable bonds is 6. The van der Waals surface area contributed by atoms with Crippen molar-refractivity contribution in [2.24, 2.45) is 5.73 Å². The zero-order chi connectivity index (χ0) is 17.2. The molecule has 0 aromatic heterocycles. The lowest BCUT2D eigenvalue weighted by Gasteiger charge is -2.15. The van der Waals surface area contributed by atoms with Crippen LogP contribution in [-0.4, -0.2) is 43.2 Å². The van der Waals surface area contributed by atoms with E-state index in [1.807, 2.05) is 18.2 Å². The second-order valence-corrected chi connectivity index (χ2v) is 7.82. The molecule has 0 bridgehead atoms. The minimum Gasteiger partial charge on any atom is -0.326 e. The highest BCUT2D eigenvalue weighted by atomic mass is 35.5. The second kappa shape index (κ2) is 8.73. The van der Waals surface area contributed by atoms with Gasteiger partial charge >= 0.3 is 0 Å². The fraction of sp³-hybridized carbons (Fsp3) is 0.429. The summed E-state index contributed by atoms with van der Waals surface area (Å²) < 4.78 is 0. The third-order valence-corrected chi connectivity index (χ3v) is 5.67. The molecule has 3 N–H and O–H groups in total. The molecule has 0 amide bonds. The Hall–Kier alpha value is -1.10. The van der Waals surface area contributed by atoms with Crippen LogP contribution in [-0.2, 0) is 0 Å². The van der Waals surface area contributed by atoms with Crippen molar-refractivity contribution in [2.45, 2.75) is 30.8 Å². The first-order chi connectivity index (χ1) is 12.2. The van der Waals surface area contributed by atoms with Gasteiger partial charge in [0.25, 0.3) is 0 Å². The van der Waals surface area contributed by atoms with Crippen molar-refractivity contribution in [3.8, 4) is 11.1 Å². The van der Waals surface area contributed by atoms with Gasteiger partial charge < -0.3 is 16.0 Å². The molecule has 1 saturated carbocycles. The normalized spacial score (nSPS) is 25.1. The van der Waals surface area contributed by atoms with Gasteiger partial charge in [-0.25, -0.2) is 0 Å². The lowest BCUT2D eigenvalue weighted by molar-refractivity contribution is 0.331. The molecule has 1 saturated heterocycles. The van der Waals surface area contributed by atoms with Crippen molar-refractivity contribution in [3.63, 3.8) is 0 Å². The average Bonchev–Trinajstić information content (AvgIpc) is 3.27. The van der Waals surface area contributed by atoms with Gasteiger partial charge in [0.1, 0.15) is 0 Å². The van der Waals surface area contributed by atoms with E-state index in [1.54, 1.807) is 0 Å². The first-order valence-corrected chi connectivity index (χ1v) is 9.64. The lowest BCUT2D eigenvalue weighted by Crippen LogP contribution is -2.33. The van der Waals surface area contributed by atoms with Gasteiger partial charge in [0.2, 0.25) is 0 Å². The van der Waals surface area contributed by atoms with Gasteiger partial charge in [0, 0.05) is 42.7 Å². The summed E-state index contributed by atoms with van der Waals surface area (Å²) in [6.07, 6.45) is 2.39. The molecular weight excluding hydrogens is 365 g/mol. The maximum absolute atomic E-state index is 6.09. The van der Waals surface area contributed by atoms with E-state index >= 15 is 0 Å². The van der Waals surface area contributed by atoms with Crippen LogP contribution in [0.5, 0.6) is 0 Å². The smallest absolute Gasteiger partial charge is 0.0412 e. The van der Waals surface area contributed by atoms with Crippen LogP contribution in [0, 0.1) is 0 Å². The van der Waals surface area contributed by atoms with Gasteiger partial charge in [-0.3, -0.25) is 0 Å². The minimum atomic E-state index is 0. The van der Waals surface area contributed by atoms with E-state index in [2.05, 4.69) is 40.5 Å². The maximum atomic E-state index is 6.09. The van der Waals surface area contributed by atoms with Crippen LogP contribution >= 0.6 is 24.0 Å². The van der Waals surface area contributed by atoms with Gasteiger partial charge in [-0.15, -0.1) is 12.4 Å². The number of likely N-dealkylation sites (tertiary alicyclic amines) is 1. The third-order valence-electron chi connectivity index (χ3n) is 5.43. The lowest BCUT2D eigenvalue weighted by atomic mass is 10.0. The molecule has 0 radical (unpaired) electrons. The molecule has 2 fully saturated rings. The highest BCUT2D eigenvalue weighted by molar-refractivity contribution is 6.30. The van der Waals surface area contributed by atoms with Crippen molar-refractivity contribution in [1.82, 2.24) is 10.2 Å². The number of nitrogens with two attached hydrogens (primary N) is 1. The Labute approximate surface area is 167 Å². The summed E-state index contributed by atoms with van der Waals surface area (Å²) >= 11 is 6.09. The van der Waals surface area contributed by atoms with Crippen LogP contribution in [0.2, 0.25) is 5.02 Å². The monoisotopic (exact) mass is 391 g/mol. The minimum absolute atomic E-state index is 0. The zero-order valence-corrected chi connectivity index (χ0v) is 16.5. The summed E-state index contributed by atoms with van der Waals surface area (Å²) in [6, 6.07) is 18.0. The Morgan fingerprint density at radius 2 is 1.92 bits per heavy atom. The van der Waals surface area contributed by atoms with Gasteiger partial charge in [-0.1, -0.05) is 48.0 Å². The van der Waals surface area contributed by atoms with Crippen LogP contribution in [0.15, 0.2) is 48.5 Å². The molecule has 1 aliphatic carbocycles. The van der Waals surface area contributed by atoms with E-state index in [4.69, 9.17) is 17.3 Å². The Bertz CT molecular complexity index is 719. The summed E-state index contributed by atoms with van der Waals surface area (Å²) in [6.45, 7) is 4.39. The highest BCUT2D eigenvalue weighted by Gasteiger charge is 2.37. The molecule has 140 valence electrons. The van der Waals surface area contributed by atoms with Crippen molar-refractivity contribution < 1.29 is 0 Å². The van der Waals surface area contributed by atoms with Crippen molar-refractivity contribution >= 4 is 24.0 Å². The number of benzene rings is 2. The SMILES string of the molecule is Cl.N[C@@H]1CCN(CCN[C@@H]2C[C@H]2c2ccc(-c3cccc(Cl)c3)cc2)C1. The number of nitrogens with one attached hydrogen (secondary N) is 1. The van der Waals surface area contributed by atoms with Crippen LogP contribution in [0.1, 0.15) is 24.3 Å². The molecule has 1 heterocycles. The van der Waals surface area contributed by atoms with Crippen LogP contribution < -0.4 is 11.1 Å². The molecule has 4 rings (SSSR count). The summed E-state index contributed by atoms with van der Waals surface area (Å²) in [5, 5.41) is 4.48. The Morgan fingerprint density at radius 3 is 2.62 bits per heavy atom. The topological polar surface area (TPSA) is 41.3 Å². The molecule has 26 heavy (non-hydrogen) atoms. The first kappa shape index (κ1) is 19.7. The van der Waals surface area contributed by atoms with Crippen molar-refractivity contribution in [3.05, 3.63) is 59.1 Å². The summed E-state index contributed by atoms with van der Waals surface area (Å²) in [5.41, 5.74) is 9.79. The van der Waals surface area contributed by atoms with Crippen LogP contribution in [0.4, 0.5) is 0 Å². The van der Waals surface area contributed by atoms with Crippen LogP contribution in [0.25, 0.3) is 11.1 Å². The van der Waals surface area contributed by atoms with E-state index in [1.165, 1.54) is 23.1 Å². The fourth-order valence-electron chi connectivity index (χ4n) is 3.85. The van der Waals surface area contributed by atoms with E-state index in [0.717, 1.165) is 37.6 Å². The Balaban J connectivity index is 0.00000196. The van der Waals surface area contributed by atoms with Gasteiger partial charge in [-0.05, 0) is 48.2 Å². The summed E-state index contributed by atoms with van der Waals surface area (Å²) in [4.78, 5) is 2.47. The largest absolute Gasteiger partial charge is 0.326 e. The standard InChI is InChI=1S/C21H26ClN3.ClH/c22-18-3-1-2-17(12-18)15-4-6-16(7-5-15)20-13-21(20)24-9-11-25-10-8-19(23)14-25;/h1-7,12,19-21,24H,8-11,13-14,23H2;1H/t19-,20+,21-;/m1./s1. The number of hydrogen-bond acceptors (Lipinski definition) is 3. The molecule has 2 aliphatic rings. The van der Waals surface area contributed by atoms with E-state index in [-0.39, 0.29) is 12.4 Å². The summed E-state index contributed by atoms with van der Waals surface area (Å²) in [5.74, 6) is 0.661. The van der Waals surface area contributed by atoms with Crippen molar-refractivity contribution in [1.29, 1.82) is 0 Å². The molecule has 0 spiro atoms. The molecule has 1 aliphatic heterocycles. The van der Waals surface area contributed by atoms with Crippen molar-refractivity contribution in [2.75, 3.05) is 26.2 Å². The fourth-order valence-corrected chi connectivity index (χ4v) is 4.04. The number of hydrogen-bond donors (Lipinski definition) is 2. The Kier molecular flexibility index (Phi) is 6.60. The zero-order valence-electron chi connectivity index (χ0n) is 14.9. The molecule has 2 aromatic carbocycles. The maximum Gasteiger partial charge on any atom is 0.0412 e.